The van der Waals surface area contributed by atoms with Gasteiger partial charge in [0.05, 0.1) is 0 Å². The number of amides is 2. The van der Waals surface area contributed by atoms with Crippen LogP contribution in [-0.4, -0.2) is 46.0 Å². The molecular formula is C13H22N2O6. The maximum atomic E-state index is 12.0. The summed E-state index contributed by atoms with van der Waals surface area (Å²) in [5.74, 6) is -3.40. The van der Waals surface area contributed by atoms with Gasteiger partial charge in [-0.05, 0) is 18.8 Å². The van der Waals surface area contributed by atoms with Crippen LogP contribution in [0.5, 0.6) is 0 Å². The molecule has 0 heterocycles. The largest absolute Gasteiger partial charge is 0.481 e. The quantitative estimate of drug-likeness (QED) is 0.473. The van der Waals surface area contributed by atoms with E-state index >= 15 is 0 Å². The van der Waals surface area contributed by atoms with Crippen molar-refractivity contribution < 1.29 is 29.4 Å². The average Bonchev–Trinajstić information content (AvgIpc) is 2.32. The normalized spacial score (nSPS) is 13.3. The van der Waals surface area contributed by atoms with Crippen molar-refractivity contribution in [2.24, 2.45) is 5.92 Å². The van der Waals surface area contributed by atoms with Crippen LogP contribution in [-0.2, 0) is 19.2 Å². The van der Waals surface area contributed by atoms with Gasteiger partial charge in [-0.3, -0.25) is 14.4 Å². The molecule has 0 unspecified atom stereocenters. The average molecular weight is 302 g/mol. The van der Waals surface area contributed by atoms with Crippen LogP contribution in [0.1, 0.15) is 40.0 Å². The molecule has 0 aliphatic rings. The Balaban J connectivity index is 4.79. The lowest BCUT2D eigenvalue weighted by atomic mass is 10.0. The third-order valence-corrected chi connectivity index (χ3v) is 2.66. The maximum absolute atomic E-state index is 12.0. The number of aliphatic carboxylic acids is 2. The zero-order valence-corrected chi connectivity index (χ0v) is 12.4. The van der Waals surface area contributed by atoms with Gasteiger partial charge >= 0.3 is 11.9 Å². The van der Waals surface area contributed by atoms with Gasteiger partial charge in [0.15, 0.2) is 0 Å². The Morgan fingerprint density at radius 2 is 1.57 bits per heavy atom. The van der Waals surface area contributed by atoms with Crippen LogP contribution in [0.25, 0.3) is 0 Å². The number of nitrogens with one attached hydrogen (secondary N) is 2. The zero-order valence-electron chi connectivity index (χ0n) is 12.4. The summed E-state index contributed by atoms with van der Waals surface area (Å²) < 4.78 is 0. The number of hydrogen-bond donors (Lipinski definition) is 4. The summed E-state index contributed by atoms with van der Waals surface area (Å²) in [7, 11) is 0. The van der Waals surface area contributed by atoms with Gasteiger partial charge in [-0.2, -0.15) is 0 Å². The van der Waals surface area contributed by atoms with E-state index in [0.29, 0.717) is 0 Å². The lowest BCUT2D eigenvalue weighted by Gasteiger charge is -2.21. The standard InChI is InChI=1S/C13H22N2O6/c1-7(2)6-10(13(20)21)15-12(19)9(14-8(3)16)4-5-11(17)18/h7,9-10H,4-6H2,1-3H3,(H,14,16)(H,15,19)(H,17,18)(H,20,21)/t9-,10-/m0/s1. The van der Waals surface area contributed by atoms with Crippen LogP contribution >= 0.6 is 0 Å². The number of rotatable bonds is 9. The second kappa shape index (κ2) is 8.93. The summed E-state index contributed by atoms with van der Waals surface area (Å²) in [5, 5.41) is 22.3. The highest BCUT2D eigenvalue weighted by atomic mass is 16.4. The molecule has 0 saturated heterocycles. The first-order valence-electron chi connectivity index (χ1n) is 6.65. The van der Waals surface area contributed by atoms with Crippen LogP contribution in [0.4, 0.5) is 0 Å². The third-order valence-electron chi connectivity index (χ3n) is 2.66. The molecule has 0 spiro atoms. The van der Waals surface area contributed by atoms with Crippen LogP contribution in [0.3, 0.4) is 0 Å². The Labute approximate surface area is 122 Å². The van der Waals surface area contributed by atoms with Gasteiger partial charge < -0.3 is 20.8 Å². The highest BCUT2D eigenvalue weighted by molar-refractivity contribution is 5.90. The molecule has 0 bridgehead atoms. The molecule has 2 atom stereocenters. The minimum atomic E-state index is -1.17. The van der Waals surface area contributed by atoms with E-state index in [4.69, 9.17) is 10.2 Å². The molecule has 0 aromatic heterocycles. The summed E-state index contributed by atoms with van der Waals surface area (Å²) in [6.07, 6.45) is -0.165. The minimum absolute atomic E-state index is 0.0598. The van der Waals surface area contributed by atoms with Crippen LogP contribution in [0.15, 0.2) is 0 Å². The van der Waals surface area contributed by atoms with Gasteiger partial charge in [0.2, 0.25) is 11.8 Å². The molecule has 0 aromatic carbocycles. The summed E-state index contributed by atoms with van der Waals surface area (Å²) in [6, 6.07) is -2.13. The van der Waals surface area contributed by atoms with Crippen LogP contribution in [0, 0.1) is 5.92 Å². The van der Waals surface area contributed by atoms with E-state index in [2.05, 4.69) is 10.6 Å². The second-order valence-electron chi connectivity index (χ2n) is 5.21. The summed E-state index contributed by atoms with van der Waals surface area (Å²) >= 11 is 0. The summed E-state index contributed by atoms with van der Waals surface area (Å²) in [4.78, 5) is 44.7. The first kappa shape index (κ1) is 18.9. The molecule has 21 heavy (non-hydrogen) atoms. The fourth-order valence-corrected chi connectivity index (χ4v) is 1.75. The summed E-state index contributed by atoms with van der Waals surface area (Å²) in [6.45, 7) is 4.83. The van der Waals surface area contributed by atoms with Gasteiger partial charge in [0.25, 0.3) is 0 Å². The maximum Gasteiger partial charge on any atom is 0.326 e. The highest BCUT2D eigenvalue weighted by Gasteiger charge is 2.26. The van der Waals surface area contributed by atoms with E-state index in [0.717, 1.165) is 0 Å². The van der Waals surface area contributed by atoms with Crippen molar-refractivity contribution in [3.8, 4) is 0 Å². The molecule has 0 radical (unpaired) electrons. The molecule has 0 aromatic rings. The second-order valence-corrected chi connectivity index (χ2v) is 5.21. The van der Waals surface area contributed by atoms with E-state index < -0.39 is 35.8 Å². The molecule has 8 nitrogen and oxygen atoms in total. The molecule has 8 heteroatoms. The third kappa shape index (κ3) is 8.61. The van der Waals surface area contributed by atoms with Crippen molar-refractivity contribution in [2.75, 3.05) is 0 Å². The van der Waals surface area contributed by atoms with E-state index in [-0.39, 0.29) is 25.2 Å². The highest BCUT2D eigenvalue weighted by Crippen LogP contribution is 2.06. The van der Waals surface area contributed by atoms with Crippen molar-refractivity contribution >= 4 is 23.8 Å². The molecule has 120 valence electrons. The number of carbonyl (C=O) groups is 4. The van der Waals surface area contributed by atoms with Crippen molar-refractivity contribution in [3.05, 3.63) is 0 Å². The van der Waals surface area contributed by atoms with Crippen molar-refractivity contribution in [1.82, 2.24) is 10.6 Å². The Bertz CT molecular complexity index is 407. The number of hydrogen-bond acceptors (Lipinski definition) is 4. The molecule has 0 fully saturated rings. The van der Waals surface area contributed by atoms with E-state index in [1.807, 2.05) is 13.8 Å². The van der Waals surface area contributed by atoms with E-state index in [9.17, 15) is 19.2 Å². The molecule has 0 aliphatic heterocycles. The Kier molecular flexibility index (Phi) is 8.03. The number of carboxylic acid groups (broad SMARTS) is 2. The minimum Gasteiger partial charge on any atom is -0.481 e. The van der Waals surface area contributed by atoms with Gasteiger partial charge in [0, 0.05) is 13.3 Å². The molecule has 2 amide bonds. The van der Waals surface area contributed by atoms with Gasteiger partial charge in [-0.15, -0.1) is 0 Å². The first-order chi connectivity index (χ1) is 9.63. The Morgan fingerprint density at radius 3 is 1.95 bits per heavy atom. The molecular weight excluding hydrogens is 280 g/mol. The zero-order chi connectivity index (χ0) is 16.6. The van der Waals surface area contributed by atoms with Gasteiger partial charge in [-0.1, -0.05) is 13.8 Å². The number of carbonyl (C=O) groups excluding carboxylic acids is 2. The molecule has 0 rings (SSSR count). The van der Waals surface area contributed by atoms with Gasteiger partial charge in [-0.25, -0.2) is 4.79 Å². The molecule has 0 saturated carbocycles. The topological polar surface area (TPSA) is 133 Å². The lowest BCUT2D eigenvalue weighted by molar-refractivity contribution is -0.143. The van der Waals surface area contributed by atoms with Gasteiger partial charge in [0.1, 0.15) is 12.1 Å². The fourth-order valence-electron chi connectivity index (χ4n) is 1.75. The van der Waals surface area contributed by atoms with E-state index in [1.54, 1.807) is 0 Å². The van der Waals surface area contributed by atoms with Crippen molar-refractivity contribution in [3.63, 3.8) is 0 Å². The van der Waals surface area contributed by atoms with Crippen molar-refractivity contribution in [2.45, 2.75) is 52.1 Å². The van der Waals surface area contributed by atoms with Crippen molar-refractivity contribution in [1.29, 1.82) is 0 Å². The Hall–Kier alpha value is -2.12. The van der Waals surface area contributed by atoms with Crippen LogP contribution < -0.4 is 10.6 Å². The fraction of sp³-hybridized carbons (Fsp3) is 0.692. The SMILES string of the molecule is CC(=O)N[C@@H](CCC(=O)O)C(=O)N[C@@H](CC(C)C)C(=O)O. The smallest absolute Gasteiger partial charge is 0.326 e. The summed E-state index contributed by atoms with van der Waals surface area (Å²) in [5.41, 5.74) is 0. The number of carboxylic acids is 2. The monoisotopic (exact) mass is 302 g/mol. The van der Waals surface area contributed by atoms with E-state index in [1.165, 1.54) is 6.92 Å². The lowest BCUT2D eigenvalue weighted by Crippen LogP contribution is -2.51. The predicted octanol–water partition coefficient (Wildman–Crippen LogP) is -0.0286. The predicted molar refractivity (Wildman–Crippen MR) is 73.5 cm³/mol. The Morgan fingerprint density at radius 1 is 1.00 bits per heavy atom. The van der Waals surface area contributed by atoms with Crippen LogP contribution in [0.2, 0.25) is 0 Å². The molecule has 0 aliphatic carbocycles. The first-order valence-corrected chi connectivity index (χ1v) is 6.65. The molecule has 4 N–H and O–H groups in total.